The monoisotopic (exact) mass is 514 g/mol. The minimum atomic E-state index is -0.303. The summed E-state index contributed by atoms with van der Waals surface area (Å²) in [5.41, 5.74) is 3.19. The van der Waals surface area contributed by atoms with Gasteiger partial charge in [0, 0.05) is 25.3 Å². The molecule has 1 aliphatic rings. The number of carbonyl (C=O) groups excluding carboxylic acids is 1. The Morgan fingerprint density at radius 1 is 1.03 bits per heavy atom. The lowest BCUT2D eigenvalue weighted by molar-refractivity contribution is -0.111. The van der Waals surface area contributed by atoms with Gasteiger partial charge >= 0.3 is 0 Å². The summed E-state index contributed by atoms with van der Waals surface area (Å²) in [4.78, 5) is 23.4. The Labute approximate surface area is 220 Å². The zero-order chi connectivity index (χ0) is 25.6. The summed E-state index contributed by atoms with van der Waals surface area (Å²) in [6.07, 6.45) is 2.78. The standard InChI is InChI=1S/C28H27ClN6O2/c1-2-26(36)32-25-15-19(18-35-11-13-37-14-12-35)7-10-24(25)33-28-30-17-23(29)27(34-28)31-22-9-8-20-5-3-4-6-21(20)16-22/h2-10,15-17H,1,11-14,18H2,(H,32,36)(H2,30,31,33,34). The van der Waals surface area contributed by atoms with Gasteiger partial charge in [0.05, 0.1) is 30.8 Å². The molecule has 0 atom stereocenters. The van der Waals surface area contributed by atoms with Crippen molar-refractivity contribution in [1.29, 1.82) is 0 Å². The summed E-state index contributed by atoms with van der Waals surface area (Å²) in [7, 11) is 0. The van der Waals surface area contributed by atoms with E-state index in [0.717, 1.165) is 54.9 Å². The molecule has 5 rings (SSSR count). The van der Waals surface area contributed by atoms with Crippen molar-refractivity contribution in [2.45, 2.75) is 6.54 Å². The zero-order valence-electron chi connectivity index (χ0n) is 20.2. The van der Waals surface area contributed by atoms with Crippen LogP contribution in [0.1, 0.15) is 5.56 Å². The molecule has 9 heteroatoms. The van der Waals surface area contributed by atoms with E-state index < -0.39 is 0 Å². The predicted molar refractivity (Wildman–Crippen MR) is 149 cm³/mol. The number of morpholine rings is 1. The van der Waals surface area contributed by atoms with Crippen molar-refractivity contribution in [3.8, 4) is 0 Å². The minimum Gasteiger partial charge on any atom is -0.379 e. The average Bonchev–Trinajstić information content (AvgIpc) is 2.92. The molecule has 0 unspecified atom stereocenters. The highest BCUT2D eigenvalue weighted by Crippen LogP contribution is 2.30. The molecule has 1 saturated heterocycles. The van der Waals surface area contributed by atoms with Crippen LogP contribution in [0.15, 0.2) is 79.5 Å². The molecule has 1 aliphatic heterocycles. The fourth-order valence-electron chi connectivity index (χ4n) is 4.14. The van der Waals surface area contributed by atoms with E-state index in [-0.39, 0.29) is 5.91 Å². The molecule has 0 radical (unpaired) electrons. The number of amides is 1. The van der Waals surface area contributed by atoms with Crippen LogP contribution in [0, 0.1) is 0 Å². The van der Waals surface area contributed by atoms with Crippen molar-refractivity contribution in [3.05, 3.63) is 90.1 Å². The molecule has 2 heterocycles. The number of nitrogens with zero attached hydrogens (tertiary/aromatic N) is 3. The van der Waals surface area contributed by atoms with Crippen LogP contribution in [-0.4, -0.2) is 47.1 Å². The second-order valence-corrected chi connectivity index (χ2v) is 9.07. The SMILES string of the molecule is C=CC(=O)Nc1cc(CN2CCOCC2)ccc1Nc1ncc(Cl)c(Nc2ccc3ccccc3c2)n1. The Hall–Kier alpha value is -3.98. The van der Waals surface area contributed by atoms with Crippen LogP contribution in [-0.2, 0) is 16.1 Å². The number of carbonyl (C=O) groups is 1. The first kappa shape index (κ1) is 24.7. The lowest BCUT2D eigenvalue weighted by Crippen LogP contribution is -2.35. The van der Waals surface area contributed by atoms with E-state index in [1.54, 1.807) is 0 Å². The Morgan fingerprint density at radius 2 is 1.84 bits per heavy atom. The van der Waals surface area contributed by atoms with Crippen molar-refractivity contribution < 1.29 is 9.53 Å². The van der Waals surface area contributed by atoms with Crippen LogP contribution in [0.25, 0.3) is 10.8 Å². The van der Waals surface area contributed by atoms with Crippen LogP contribution in [0.2, 0.25) is 5.02 Å². The van der Waals surface area contributed by atoms with Crippen LogP contribution in [0.4, 0.5) is 28.8 Å². The van der Waals surface area contributed by atoms with Crippen LogP contribution >= 0.6 is 11.6 Å². The number of nitrogens with one attached hydrogen (secondary N) is 3. The lowest BCUT2D eigenvalue weighted by Gasteiger charge is -2.27. The third-order valence-corrected chi connectivity index (χ3v) is 6.32. The molecule has 4 aromatic rings. The molecule has 1 fully saturated rings. The summed E-state index contributed by atoms with van der Waals surface area (Å²) in [5.74, 6) is 0.500. The first-order valence-corrected chi connectivity index (χ1v) is 12.4. The molecule has 0 aliphatic carbocycles. The number of benzene rings is 3. The number of fused-ring (bicyclic) bond motifs is 1. The van der Waals surface area contributed by atoms with E-state index in [9.17, 15) is 4.79 Å². The van der Waals surface area contributed by atoms with Crippen molar-refractivity contribution >= 4 is 57.1 Å². The van der Waals surface area contributed by atoms with Crippen LogP contribution in [0.5, 0.6) is 0 Å². The first-order chi connectivity index (χ1) is 18.1. The average molecular weight is 515 g/mol. The number of hydrogen-bond acceptors (Lipinski definition) is 7. The fourth-order valence-corrected chi connectivity index (χ4v) is 4.28. The number of hydrogen-bond donors (Lipinski definition) is 3. The van der Waals surface area contributed by atoms with Gasteiger partial charge in [0.1, 0.15) is 5.02 Å². The van der Waals surface area contributed by atoms with E-state index in [1.165, 1.54) is 12.3 Å². The number of rotatable bonds is 8. The summed E-state index contributed by atoms with van der Waals surface area (Å²) >= 11 is 6.40. The Morgan fingerprint density at radius 3 is 2.65 bits per heavy atom. The van der Waals surface area contributed by atoms with Gasteiger partial charge in [0.2, 0.25) is 11.9 Å². The molecular weight excluding hydrogens is 488 g/mol. The van der Waals surface area contributed by atoms with E-state index in [1.807, 2.05) is 48.5 Å². The highest BCUT2D eigenvalue weighted by atomic mass is 35.5. The van der Waals surface area contributed by atoms with Gasteiger partial charge in [-0.1, -0.05) is 54.6 Å². The predicted octanol–water partition coefficient (Wildman–Crippen LogP) is 5.73. The molecule has 1 aromatic heterocycles. The molecule has 0 spiro atoms. The van der Waals surface area contributed by atoms with E-state index in [4.69, 9.17) is 16.3 Å². The van der Waals surface area contributed by atoms with Crippen LogP contribution in [0.3, 0.4) is 0 Å². The molecule has 188 valence electrons. The Balaban J connectivity index is 1.38. The third kappa shape index (κ3) is 6.24. The second-order valence-electron chi connectivity index (χ2n) is 8.66. The largest absolute Gasteiger partial charge is 0.379 e. The Kier molecular flexibility index (Phi) is 7.60. The van der Waals surface area contributed by atoms with Crippen molar-refractivity contribution in [2.24, 2.45) is 0 Å². The van der Waals surface area contributed by atoms with Crippen molar-refractivity contribution in [1.82, 2.24) is 14.9 Å². The highest BCUT2D eigenvalue weighted by molar-refractivity contribution is 6.33. The molecule has 1 amide bonds. The fraction of sp³-hybridized carbons (Fsp3) is 0.179. The van der Waals surface area contributed by atoms with E-state index in [0.29, 0.717) is 28.2 Å². The van der Waals surface area contributed by atoms with Gasteiger partial charge < -0.3 is 20.7 Å². The van der Waals surface area contributed by atoms with Crippen molar-refractivity contribution in [2.75, 3.05) is 42.3 Å². The number of ether oxygens (including phenoxy) is 1. The van der Waals surface area contributed by atoms with Gasteiger partial charge in [0.15, 0.2) is 5.82 Å². The molecule has 3 N–H and O–H groups in total. The quantitative estimate of drug-likeness (QED) is 0.259. The molecule has 37 heavy (non-hydrogen) atoms. The molecule has 3 aromatic carbocycles. The maximum Gasteiger partial charge on any atom is 0.247 e. The molecule has 0 bridgehead atoms. The zero-order valence-corrected chi connectivity index (χ0v) is 21.0. The van der Waals surface area contributed by atoms with E-state index in [2.05, 4.69) is 49.5 Å². The van der Waals surface area contributed by atoms with Gasteiger partial charge in [0.25, 0.3) is 0 Å². The normalized spacial score (nSPS) is 13.8. The van der Waals surface area contributed by atoms with Crippen molar-refractivity contribution in [3.63, 3.8) is 0 Å². The maximum atomic E-state index is 12.1. The van der Waals surface area contributed by atoms with Gasteiger partial charge in [-0.2, -0.15) is 4.98 Å². The van der Waals surface area contributed by atoms with Gasteiger partial charge in [-0.3, -0.25) is 9.69 Å². The topological polar surface area (TPSA) is 91.4 Å². The first-order valence-electron chi connectivity index (χ1n) is 12.0. The number of anilines is 5. The third-order valence-electron chi connectivity index (χ3n) is 6.04. The van der Waals surface area contributed by atoms with Gasteiger partial charge in [-0.05, 0) is 46.7 Å². The maximum absolute atomic E-state index is 12.1. The summed E-state index contributed by atoms with van der Waals surface area (Å²) in [6, 6.07) is 20.1. The minimum absolute atomic E-state index is 0.303. The van der Waals surface area contributed by atoms with Gasteiger partial charge in [-0.15, -0.1) is 0 Å². The molecule has 0 saturated carbocycles. The lowest BCUT2D eigenvalue weighted by atomic mass is 10.1. The smallest absolute Gasteiger partial charge is 0.247 e. The van der Waals surface area contributed by atoms with Crippen LogP contribution < -0.4 is 16.0 Å². The summed E-state index contributed by atoms with van der Waals surface area (Å²) in [6.45, 7) is 7.53. The summed E-state index contributed by atoms with van der Waals surface area (Å²) < 4.78 is 5.44. The second kappa shape index (κ2) is 11.4. The highest BCUT2D eigenvalue weighted by Gasteiger charge is 2.14. The number of halogens is 1. The van der Waals surface area contributed by atoms with E-state index >= 15 is 0 Å². The number of aromatic nitrogens is 2. The molecule has 8 nitrogen and oxygen atoms in total. The summed E-state index contributed by atoms with van der Waals surface area (Å²) in [5, 5.41) is 12.0. The molecular formula is C28H27ClN6O2. The Bertz CT molecular complexity index is 1440. The van der Waals surface area contributed by atoms with Gasteiger partial charge in [-0.25, -0.2) is 4.98 Å².